The van der Waals surface area contributed by atoms with E-state index in [0.717, 1.165) is 56.4 Å². The van der Waals surface area contributed by atoms with Crippen molar-refractivity contribution in [1.29, 1.82) is 0 Å². The van der Waals surface area contributed by atoms with Gasteiger partial charge in [0.1, 0.15) is 0 Å². The maximum absolute atomic E-state index is 12.1. The number of benzene rings is 1. The molecule has 29 heavy (non-hydrogen) atoms. The molecule has 1 aliphatic heterocycles. The van der Waals surface area contributed by atoms with Gasteiger partial charge in [-0.05, 0) is 75.0 Å². The Bertz CT molecular complexity index is 668. The van der Waals surface area contributed by atoms with Crippen LogP contribution in [0.3, 0.4) is 0 Å². The molecule has 0 bridgehead atoms. The molecule has 1 aromatic rings. The number of rotatable bonds is 7. The van der Waals surface area contributed by atoms with Crippen LogP contribution in [0.25, 0.3) is 0 Å². The van der Waals surface area contributed by atoms with E-state index in [9.17, 15) is 9.59 Å². The largest absolute Gasteiger partial charge is 0.376 e. The number of hydrogen-bond acceptors (Lipinski definition) is 3. The molecule has 0 aromatic heterocycles. The molecule has 2 fully saturated rings. The summed E-state index contributed by atoms with van der Waals surface area (Å²) in [6, 6.07) is 7.53. The van der Waals surface area contributed by atoms with Crippen LogP contribution in [0.1, 0.15) is 44.1 Å². The number of carbonyl (C=O) groups is 2. The molecule has 0 spiro atoms. The molecular weight excluding hydrogens is 368 g/mol. The van der Waals surface area contributed by atoms with Gasteiger partial charge in [-0.1, -0.05) is 12.1 Å². The fourth-order valence-corrected chi connectivity index (χ4v) is 4.09. The number of urea groups is 2. The van der Waals surface area contributed by atoms with E-state index in [2.05, 4.69) is 21.3 Å². The summed E-state index contributed by atoms with van der Waals surface area (Å²) in [7, 11) is 0. The van der Waals surface area contributed by atoms with Crippen molar-refractivity contribution in [3.63, 3.8) is 0 Å². The first-order valence-corrected chi connectivity index (χ1v) is 10.8. The Morgan fingerprint density at radius 2 is 1.59 bits per heavy atom. The lowest BCUT2D eigenvalue weighted by molar-refractivity contribution is 0.111. The molecule has 1 saturated heterocycles. The van der Waals surface area contributed by atoms with Gasteiger partial charge in [0.15, 0.2) is 0 Å². The number of hydrogen-bond donors (Lipinski definition) is 4. The summed E-state index contributed by atoms with van der Waals surface area (Å²) in [5.41, 5.74) is 1.94. The molecule has 1 heterocycles. The molecule has 1 aromatic carbocycles. The molecule has 2 aliphatic rings. The normalized spacial score (nSPS) is 24.0. The third-order valence-corrected chi connectivity index (χ3v) is 5.86. The van der Waals surface area contributed by atoms with Crippen LogP contribution in [0, 0.1) is 18.8 Å². The van der Waals surface area contributed by atoms with Crippen molar-refractivity contribution in [2.24, 2.45) is 11.8 Å². The number of anilines is 1. The molecule has 160 valence electrons. The minimum atomic E-state index is -0.151. The third kappa shape index (κ3) is 7.57. The Morgan fingerprint density at radius 3 is 2.21 bits per heavy atom. The molecule has 7 nitrogen and oxygen atoms in total. The number of ether oxygens (including phenoxy) is 1. The van der Waals surface area contributed by atoms with E-state index in [1.165, 1.54) is 0 Å². The topological polar surface area (TPSA) is 91.5 Å². The van der Waals surface area contributed by atoms with E-state index in [1.54, 1.807) is 0 Å². The second-order valence-corrected chi connectivity index (χ2v) is 8.32. The Balaban J connectivity index is 1.25. The molecule has 1 unspecified atom stereocenters. The second kappa shape index (κ2) is 11.0. The third-order valence-electron chi connectivity index (χ3n) is 5.86. The average molecular weight is 403 g/mol. The van der Waals surface area contributed by atoms with Gasteiger partial charge in [-0.2, -0.15) is 0 Å². The minimum absolute atomic E-state index is 0.0999. The van der Waals surface area contributed by atoms with Crippen molar-refractivity contribution in [2.75, 3.05) is 31.6 Å². The van der Waals surface area contributed by atoms with Gasteiger partial charge in [-0.3, -0.25) is 0 Å². The van der Waals surface area contributed by atoms with Crippen LogP contribution in [-0.4, -0.2) is 44.4 Å². The van der Waals surface area contributed by atoms with Crippen molar-refractivity contribution < 1.29 is 14.3 Å². The monoisotopic (exact) mass is 402 g/mol. The van der Waals surface area contributed by atoms with E-state index in [4.69, 9.17) is 4.74 Å². The molecule has 3 rings (SSSR count). The van der Waals surface area contributed by atoms with Gasteiger partial charge in [-0.15, -0.1) is 0 Å². The predicted molar refractivity (Wildman–Crippen MR) is 114 cm³/mol. The lowest BCUT2D eigenvalue weighted by atomic mass is 9.82. The van der Waals surface area contributed by atoms with Gasteiger partial charge < -0.3 is 26.0 Å². The van der Waals surface area contributed by atoms with Gasteiger partial charge in [0.25, 0.3) is 0 Å². The molecule has 4 N–H and O–H groups in total. The zero-order chi connectivity index (χ0) is 20.5. The maximum Gasteiger partial charge on any atom is 0.319 e. The number of carbonyl (C=O) groups excluding carboxylic acids is 2. The van der Waals surface area contributed by atoms with Crippen LogP contribution in [0.2, 0.25) is 0 Å². The summed E-state index contributed by atoms with van der Waals surface area (Å²) in [6.07, 6.45) is 6.60. The summed E-state index contributed by atoms with van der Waals surface area (Å²) in [5, 5.41) is 11.8. The van der Waals surface area contributed by atoms with Crippen molar-refractivity contribution in [3.05, 3.63) is 29.8 Å². The highest BCUT2D eigenvalue weighted by molar-refractivity contribution is 5.89. The van der Waals surface area contributed by atoms with Gasteiger partial charge in [0, 0.05) is 31.9 Å². The van der Waals surface area contributed by atoms with Gasteiger partial charge in [-0.25, -0.2) is 9.59 Å². The van der Waals surface area contributed by atoms with Crippen LogP contribution in [0.4, 0.5) is 15.3 Å². The highest BCUT2D eigenvalue weighted by atomic mass is 16.5. The first-order chi connectivity index (χ1) is 14.1. The van der Waals surface area contributed by atoms with E-state index < -0.39 is 0 Å². The van der Waals surface area contributed by atoms with Crippen molar-refractivity contribution in [3.8, 4) is 0 Å². The maximum atomic E-state index is 12.1. The molecule has 1 atom stereocenters. The Labute approximate surface area is 173 Å². The van der Waals surface area contributed by atoms with E-state index in [-0.39, 0.29) is 18.2 Å². The molecule has 7 heteroatoms. The Hall–Kier alpha value is -2.28. The zero-order valence-corrected chi connectivity index (χ0v) is 17.3. The standard InChI is InChI=1S/C22H34N4O3/c1-16-4-2-5-19(12-16)26-22(28)24-14-18-9-7-17(8-10-18)13-23-21(27)25-15-20-6-3-11-29-20/h2,4-5,12,17-18,20H,3,6-11,13-15H2,1H3,(H2,23,25,27)(H2,24,26,28). The summed E-state index contributed by atoms with van der Waals surface area (Å²) in [6.45, 7) is 4.81. The van der Waals surface area contributed by atoms with Crippen LogP contribution in [-0.2, 0) is 4.74 Å². The minimum Gasteiger partial charge on any atom is -0.376 e. The second-order valence-electron chi connectivity index (χ2n) is 8.32. The summed E-state index contributed by atoms with van der Waals surface area (Å²) < 4.78 is 5.51. The predicted octanol–water partition coefficient (Wildman–Crippen LogP) is 3.40. The van der Waals surface area contributed by atoms with Crippen molar-refractivity contribution in [1.82, 2.24) is 16.0 Å². The van der Waals surface area contributed by atoms with Crippen LogP contribution < -0.4 is 21.3 Å². The van der Waals surface area contributed by atoms with E-state index in [1.807, 2.05) is 31.2 Å². The molecule has 4 amide bonds. The summed E-state index contributed by atoms with van der Waals surface area (Å²) >= 11 is 0. The fourth-order valence-electron chi connectivity index (χ4n) is 4.09. The lowest BCUT2D eigenvalue weighted by Crippen LogP contribution is -2.42. The van der Waals surface area contributed by atoms with Crippen molar-refractivity contribution >= 4 is 17.7 Å². The van der Waals surface area contributed by atoms with Crippen LogP contribution in [0.15, 0.2) is 24.3 Å². The Morgan fingerprint density at radius 1 is 0.931 bits per heavy atom. The number of aryl methyl sites for hydroxylation is 1. The zero-order valence-electron chi connectivity index (χ0n) is 17.3. The van der Waals surface area contributed by atoms with E-state index in [0.29, 0.717) is 31.5 Å². The molecular formula is C22H34N4O3. The Kier molecular flexibility index (Phi) is 8.16. The van der Waals surface area contributed by atoms with Crippen LogP contribution in [0.5, 0.6) is 0 Å². The average Bonchev–Trinajstić information content (AvgIpc) is 3.24. The first-order valence-electron chi connectivity index (χ1n) is 10.8. The highest BCUT2D eigenvalue weighted by Gasteiger charge is 2.22. The smallest absolute Gasteiger partial charge is 0.319 e. The fraction of sp³-hybridized carbons (Fsp3) is 0.636. The van der Waals surface area contributed by atoms with Crippen molar-refractivity contribution in [2.45, 2.75) is 51.6 Å². The lowest BCUT2D eigenvalue weighted by Gasteiger charge is -2.28. The quantitative estimate of drug-likeness (QED) is 0.563. The van der Waals surface area contributed by atoms with Gasteiger partial charge in [0.05, 0.1) is 6.10 Å². The first kappa shape index (κ1) is 21.4. The number of nitrogens with one attached hydrogen (secondary N) is 4. The van der Waals surface area contributed by atoms with E-state index >= 15 is 0 Å². The molecule has 1 aliphatic carbocycles. The van der Waals surface area contributed by atoms with Crippen LogP contribution >= 0.6 is 0 Å². The van der Waals surface area contributed by atoms with Gasteiger partial charge >= 0.3 is 12.1 Å². The van der Waals surface area contributed by atoms with Gasteiger partial charge in [0.2, 0.25) is 0 Å². The molecule has 1 saturated carbocycles. The summed E-state index contributed by atoms with van der Waals surface area (Å²) in [4.78, 5) is 24.0. The highest BCUT2D eigenvalue weighted by Crippen LogP contribution is 2.28. The number of amides is 4. The summed E-state index contributed by atoms with van der Waals surface area (Å²) in [5.74, 6) is 1.02. The SMILES string of the molecule is Cc1cccc(NC(=O)NCC2CCC(CNC(=O)NCC3CCCO3)CC2)c1. The molecule has 0 radical (unpaired) electrons.